The summed E-state index contributed by atoms with van der Waals surface area (Å²) in [7, 11) is 1.70. The van der Waals surface area contributed by atoms with Crippen molar-refractivity contribution < 1.29 is 9.47 Å². The van der Waals surface area contributed by atoms with Gasteiger partial charge < -0.3 is 9.47 Å². The predicted molar refractivity (Wildman–Crippen MR) is 81.3 cm³/mol. The van der Waals surface area contributed by atoms with Gasteiger partial charge in [0.25, 0.3) is 0 Å². The SMILES string of the molecule is COCCCOCCC(CCl)Cc1ccc(Cl)cc1. The van der Waals surface area contributed by atoms with Crippen molar-refractivity contribution in [1.82, 2.24) is 0 Å². The number of rotatable bonds is 10. The van der Waals surface area contributed by atoms with E-state index in [4.69, 9.17) is 32.7 Å². The minimum absolute atomic E-state index is 0.449. The van der Waals surface area contributed by atoms with Gasteiger partial charge in [-0.15, -0.1) is 11.6 Å². The third-order valence-electron chi connectivity index (χ3n) is 2.96. The zero-order valence-corrected chi connectivity index (χ0v) is 12.9. The van der Waals surface area contributed by atoms with Crippen molar-refractivity contribution in [2.75, 3.05) is 32.8 Å². The predicted octanol–water partition coefficient (Wildman–Crippen LogP) is 4.18. The summed E-state index contributed by atoms with van der Waals surface area (Å²) < 4.78 is 10.5. The molecule has 0 aromatic heterocycles. The summed E-state index contributed by atoms with van der Waals surface area (Å²) in [6.45, 7) is 2.27. The molecule has 1 atom stereocenters. The largest absolute Gasteiger partial charge is 0.385 e. The zero-order valence-electron chi connectivity index (χ0n) is 11.4. The first-order chi connectivity index (χ1) is 9.26. The zero-order chi connectivity index (χ0) is 13.9. The number of alkyl halides is 1. The van der Waals surface area contributed by atoms with E-state index in [1.807, 2.05) is 12.1 Å². The molecule has 1 aromatic carbocycles. The third-order valence-corrected chi connectivity index (χ3v) is 3.65. The monoisotopic (exact) mass is 304 g/mol. The Bertz CT molecular complexity index is 327. The Labute approximate surface area is 126 Å². The van der Waals surface area contributed by atoms with Crippen molar-refractivity contribution in [2.24, 2.45) is 5.92 Å². The van der Waals surface area contributed by atoms with Crippen LogP contribution in [0.1, 0.15) is 18.4 Å². The summed E-state index contributed by atoms with van der Waals surface area (Å²) in [5, 5.41) is 0.771. The summed E-state index contributed by atoms with van der Waals surface area (Å²) in [5.41, 5.74) is 1.27. The van der Waals surface area contributed by atoms with Gasteiger partial charge in [-0.25, -0.2) is 0 Å². The number of methoxy groups -OCH3 is 1. The van der Waals surface area contributed by atoms with E-state index in [1.54, 1.807) is 7.11 Å². The molecule has 0 radical (unpaired) electrons. The molecule has 0 saturated carbocycles. The second kappa shape index (κ2) is 10.5. The Morgan fingerprint density at radius 3 is 2.47 bits per heavy atom. The summed E-state index contributed by atoms with van der Waals surface area (Å²) >= 11 is 11.9. The van der Waals surface area contributed by atoms with Crippen LogP contribution in [-0.2, 0) is 15.9 Å². The third kappa shape index (κ3) is 7.78. The molecule has 0 heterocycles. The minimum Gasteiger partial charge on any atom is -0.385 e. The highest BCUT2D eigenvalue weighted by atomic mass is 35.5. The molecule has 0 bridgehead atoms. The minimum atomic E-state index is 0.449. The standard InChI is InChI=1S/C15H22Cl2O2/c1-18-8-2-9-19-10-7-14(12-16)11-13-3-5-15(17)6-4-13/h3-6,14H,2,7-12H2,1H3. The van der Waals surface area contributed by atoms with E-state index in [0.29, 0.717) is 11.8 Å². The Kier molecular flexibility index (Phi) is 9.27. The average molecular weight is 305 g/mol. The number of halogens is 2. The highest BCUT2D eigenvalue weighted by Crippen LogP contribution is 2.16. The molecule has 0 aliphatic carbocycles. The van der Waals surface area contributed by atoms with Crippen LogP contribution in [0.5, 0.6) is 0 Å². The quantitative estimate of drug-likeness (QED) is 0.477. The molecule has 19 heavy (non-hydrogen) atoms. The van der Waals surface area contributed by atoms with Gasteiger partial charge in [0.1, 0.15) is 0 Å². The molecule has 108 valence electrons. The van der Waals surface area contributed by atoms with Crippen LogP contribution in [0.15, 0.2) is 24.3 Å². The maximum Gasteiger partial charge on any atom is 0.0487 e. The van der Waals surface area contributed by atoms with E-state index in [9.17, 15) is 0 Å². The first-order valence-corrected chi connectivity index (χ1v) is 7.54. The lowest BCUT2D eigenvalue weighted by Gasteiger charge is -2.14. The fourth-order valence-electron chi connectivity index (χ4n) is 1.84. The molecular formula is C15H22Cl2O2. The Balaban J connectivity index is 2.20. The first-order valence-electron chi connectivity index (χ1n) is 6.63. The summed E-state index contributed by atoms with van der Waals surface area (Å²) in [6.07, 6.45) is 2.90. The van der Waals surface area contributed by atoms with Gasteiger partial charge in [0.2, 0.25) is 0 Å². The van der Waals surface area contributed by atoms with Crippen molar-refractivity contribution in [3.8, 4) is 0 Å². The van der Waals surface area contributed by atoms with Crippen molar-refractivity contribution >= 4 is 23.2 Å². The van der Waals surface area contributed by atoms with Gasteiger partial charge in [0, 0.05) is 37.8 Å². The van der Waals surface area contributed by atoms with Crippen LogP contribution in [0.3, 0.4) is 0 Å². The van der Waals surface area contributed by atoms with E-state index in [2.05, 4.69) is 12.1 Å². The number of hydrogen-bond acceptors (Lipinski definition) is 2. The Morgan fingerprint density at radius 2 is 1.84 bits per heavy atom. The second-order valence-electron chi connectivity index (χ2n) is 4.60. The number of benzene rings is 1. The van der Waals surface area contributed by atoms with E-state index < -0.39 is 0 Å². The summed E-state index contributed by atoms with van der Waals surface area (Å²) in [5.74, 6) is 1.11. The van der Waals surface area contributed by atoms with Crippen LogP contribution >= 0.6 is 23.2 Å². The molecule has 0 N–H and O–H groups in total. The van der Waals surface area contributed by atoms with Crippen molar-refractivity contribution in [3.05, 3.63) is 34.9 Å². The molecule has 1 rings (SSSR count). The van der Waals surface area contributed by atoms with E-state index >= 15 is 0 Å². The normalized spacial score (nSPS) is 12.6. The van der Waals surface area contributed by atoms with Crippen LogP contribution in [-0.4, -0.2) is 32.8 Å². The summed E-state index contributed by atoms with van der Waals surface area (Å²) in [4.78, 5) is 0. The van der Waals surface area contributed by atoms with Gasteiger partial charge >= 0.3 is 0 Å². The topological polar surface area (TPSA) is 18.5 Å². The molecule has 0 spiro atoms. The van der Waals surface area contributed by atoms with Crippen LogP contribution in [0.4, 0.5) is 0 Å². The van der Waals surface area contributed by atoms with Crippen molar-refractivity contribution in [2.45, 2.75) is 19.3 Å². The molecule has 4 heteroatoms. The van der Waals surface area contributed by atoms with Crippen molar-refractivity contribution in [3.63, 3.8) is 0 Å². The van der Waals surface area contributed by atoms with Crippen LogP contribution < -0.4 is 0 Å². The lowest BCUT2D eigenvalue weighted by Crippen LogP contribution is -2.11. The highest BCUT2D eigenvalue weighted by molar-refractivity contribution is 6.30. The maximum atomic E-state index is 6.01. The lowest BCUT2D eigenvalue weighted by atomic mass is 9.98. The smallest absolute Gasteiger partial charge is 0.0487 e. The molecule has 0 fully saturated rings. The van der Waals surface area contributed by atoms with Gasteiger partial charge in [-0.05, 0) is 42.9 Å². The molecule has 0 saturated heterocycles. The highest BCUT2D eigenvalue weighted by Gasteiger charge is 2.08. The number of hydrogen-bond donors (Lipinski definition) is 0. The lowest BCUT2D eigenvalue weighted by molar-refractivity contribution is 0.0951. The molecule has 2 nitrogen and oxygen atoms in total. The Morgan fingerprint density at radius 1 is 1.11 bits per heavy atom. The Hall–Kier alpha value is -0.280. The van der Waals surface area contributed by atoms with Gasteiger partial charge in [-0.1, -0.05) is 23.7 Å². The molecule has 1 unspecified atom stereocenters. The molecule has 0 aliphatic heterocycles. The molecule has 0 amide bonds. The van der Waals surface area contributed by atoms with Gasteiger partial charge in [0.05, 0.1) is 0 Å². The van der Waals surface area contributed by atoms with Gasteiger partial charge in [0.15, 0.2) is 0 Å². The molecular weight excluding hydrogens is 283 g/mol. The molecule has 0 aliphatic rings. The van der Waals surface area contributed by atoms with Gasteiger partial charge in [-0.3, -0.25) is 0 Å². The maximum absolute atomic E-state index is 6.01. The van der Waals surface area contributed by atoms with Gasteiger partial charge in [-0.2, -0.15) is 0 Å². The van der Waals surface area contributed by atoms with Crippen LogP contribution in [0.2, 0.25) is 5.02 Å². The fourth-order valence-corrected chi connectivity index (χ4v) is 2.23. The average Bonchev–Trinajstić information content (AvgIpc) is 2.43. The van der Waals surface area contributed by atoms with Crippen molar-refractivity contribution in [1.29, 1.82) is 0 Å². The van der Waals surface area contributed by atoms with Crippen LogP contribution in [0, 0.1) is 5.92 Å². The van der Waals surface area contributed by atoms with Crippen LogP contribution in [0.25, 0.3) is 0 Å². The fraction of sp³-hybridized carbons (Fsp3) is 0.600. The van der Waals surface area contributed by atoms with E-state index in [-0.39, 0.29) is 0 Å². The summed E-state index contributed by atoms with van der Waals surface area (Å²) in [6, 6.07) is 7.95. The van der Waals surface area contributed by atoms with E-state index in [1.165, 1.54) is 5.56 Å². The molecule has 1 aromatic rings. The van der Waals surface area contributed by atoms with E-state index in [0.717, 1.165) is 44.1 Å². The number of ether oxygens (including phenoxy) is 2. The first kappa shape index (κ1) is 16.8. The second-order valence-corrected chi connectivity index (χ2v) is 5.34.